The van der Waals surface area contributed by atoms with Crippen molar-refractivity contribution >= 4 is 5.91 Å². The molecule has 1 aliphatic heterocycles. The van der Waals surface area contributed by atoms with Gasteiger partial charge in [-0.1, -0.05) is 24.3 Å². The zero-order valence-electron chi connectivity index (χ0n) is 13.0. The summed E-state index contributed by atoms with van der Waals surface area (Å²) in [6.45, 7) is 1.69. The molecular formula is C17H22N4O2. The van der Waals surface area contributed by atoms with Crippen LogP contribution in [0.25, 0.3) is 0 Å². The highest BCUT2D eigenvalue weighted by Crippen LogP contribution is 2.19. The molecule has 23 heavy (non-hydrogen) atoms. The SMILES string of the molecule is NC[C@H]1CC[C@@H](C(=O)NCc2cccc(Cn3cccn3)c2)O1. The van der Waals surface area contributed by atoms with Crippen LogP contribution in [0, 0.1) is 0 Å². The van der Waals surface area contributed by atoms with Gasteiger partial charge in [-0.05, 0) is 30.0 Å². The highest BCUT2D eigenvalue weighted by molar-refractivity contribution is 5.81. The molecule has 1 saturated heterocycles. The van der Waals surface area contributed by atoms with Gasteiger partial charge in [0, 0.05) is 25.5 Å². The standard InChI is InChI=1S/C17H22N4O2/c18-10-15-5-6-16(23-15)17(22)19-11-13-3-1-4-14(9-13)12-21-8-2-7-20-21/h1-4,7-9,15-16H,5-6,10-12,18H2,(H,19,22)/t15-,16+/m1/s1. The van der Waals surface area contributed by atoms with Crippen LogP contribution >= 0.6 is 0 Å². The van der Waals surface area contributed by atoms with E-state index in [-0.39, 0.29) is 18.1 Å². The summed E-state index contributed by atoms with van der Waals surface area (Å²) in [6, 6.07) is 10.0. The van der Waals surface area contributed by atoms with Crippen molar-refractivity contribution in [2.24, 2.45) is 5.73 Å². The Morgan fingerprint density at radius 2 is 2.22 bits per heavy atom. The second-order valence-electron chi connectivity index (χ2n) is 5.80. The van der Waals surface area contributed by atoms with Crippen LogP contribution in [0.15, 0.2) is 42.7 Å². The lowest BCUT2D eigenvalue weighted by Gasteiger charge is -2.13. The van der Waals surface area contributed by atoms with Gasteiger partial charge in [-0.25, -0.2) is 0 Å². The smallest absolute Gasteiger partial charge is 0.249 e. The van der Waals surface area contributed by atoms with Gasteiger partial charge in [0.25, 0.3) is 0 Å². The van der Waals surface area contributed by atoms with Crippen LogP contribution in [-0.2, 0) is 22.6 Å². The predicted molar refractivity (Wildman–Crippen MR) is 86.6 cm³/mol. The van der Waals surface area contributed by atoms with Crippen LogP contribution in [0.5, 0.6) is 0 Å². The lowest BCUT2D eigenvalue weighted by atomic mass is 10.1. The van der Waals surface area contributed by atoms with E-state index in [4.69, 9.17) is 10.5 Å². The molecule has 0 aliphatic carbocycles. The van der Waals surface area contributed by atoms with Crippen molar-refractivity contribution in [3.05, 3.63) is 53.9 Å². The van der Waals surface area contributed by atoms with E-state index < -0.39 is 0 Å². The number of hydrogen-bond donors (Lipinski definition) is 2. The molecule has 0 unspecified atom stereocenters. The van der Waals surface area contributed by atoms with E-state index in [1.165, 1.54) is 0 Å². The lowest BCUT2D eigenvalue weighted by molar-refractivity contribution is -0.132. The van der Waals surface area contributed by atoms with Crippen LogP contribution < -0.4 is 11.1 Å². The van der Waals surface area contributed by atoms with Crippen molar-refractivity contribution in [2.45, 2.75) is 38.1 Å². The fourth-order valence-corrected chi connectivity index (χ4v) is 2.79. The number of benzene rings is 1. The van der Waals surface area contributed by atoms with Gasteiger partial charge in [-0.2, -0.15) is 5.10 Å². The van der Waals surface area contributed by atoms with Gasteiger partial charge in [0.2, 0.25) is 5.91 Å². The van der Waals surface area contributed by atoms with Gasteiger partial charge >= 0.3 is 0 Å². The third-order valence-corrected chi connectivity index (χ3v) is 4.02. The molecule has 0 saturated carbocycles. The normalized spacial score (nSPS) is 20.6. The molecule has 0 radical (unpaired) electrons. The van der Waals surface area contributed by atoms with E-state index in [1.54, 1.807) is 6.20 Å². The minimum atomic E-state index is -0.365. The predicted octanol–water partition coefficient (Wildman–Crippen LogP) is 1.05. The Bertz CT molecular complexity index is 642. The number of carbonyl (C=O) groups excluding carboxylic acids is 1. The van der Waals surface area contributed by atoms with E-state index in [9.17, 15) is 4.79 Å². The topological polar surface area (TPSA) is 82.2 Å². The van der Waals surface area contributed by atoms with Crippen molar-refractivity contribution in [3.8, 4) is 0 Å². The summed E-state index contributed by atoms with van der Waals surface area (Å²) >= 11 is 0. The Morgan fingerprint density at radius 1 is 1.35 bits per heavy atom. The number of carbonyl (C=O) groups is 1. The second-order valence-corrected chi connectivity index (χ2v) is 5.80. The van der Waals surface area contributed by atoms with Crippen molar-refractivity contribution < 1.29 is 9.53 Å². The van der Waals surface area contributed by atoms with Gasteiger partial charge in [-0.15, -0.1) is 0 Å². The van der Waals surface area contributed by atoms with Gasteiger partial charge < -0.3 is 15.8 Å². The average molecular weight is 314 g/mol. The first-order chi connectivity index (χ1) is 11.2. The Morgan fingerprint density at radius 3 is 2.96 bits per heavy atom. The first kappa shape index (κ1) is 15.7. The second kappa shape index (κ2) is 7.39. The van der Waals surface area contributed by atoms with E-state index in [0.717, 1.165) is 30.5 Å². The highest BCUT2D eigenvalue weighted by atomic mass is 16.5. The maximum Gasteiger partial charge on any atom is 0.249 e. The Labute approximate surface area is 135 Å². The quantitative estimate of drug-likeness (QED) is 0.835. The number of nitrogens with zero attached hydrogens (tertiary/aromatic N) is 2. The lowest BCUT2D eigenvalue weighted by Crippen LogP contribution is -2.35. The molecule has 0 bridgehead atoms. The number of aromatic nitrogens is 2. The minimum Gasteiger partial charge on any atom is -0.364 e. The highest BCUT2D eigenvalue weighted by Gasteiger charge is 2.29. The molecule has 6 heteroatoms. The Hall–Kier alpha value is -2.18. The molecule has 1 aromatic carbocycles. The first-order valence-corrected chi connectivity index (χ1v) is 7.93. The summed E-state index contributed by atoms with van der Waals surface area (Å²) in [5.41, 5.74) is 7.79. The van der Waals surface area contributed by atoms with Crippen molar-refractivity contribution in [2.75, 3.05) is 6.54 Å². The number of ether oxygens (including phenoxy) is 1. The van der Waals surface area contributed by atoms with Crippen LogP contribution in [-0.4, -0.2) is 34.4 Å². The molecule has 2 aromatic rings. The van der Waals surface area contributed by atoms with Crippen molar-refractivity contribution in [1.29, 1.82) is 0 Å². The molecule has 122 valence electrons. The number of nitrogens with one attached hydrogen (secondary N) is 1. The van der Waals surface area contributed by atoms with Crippen LogP contribution in [0.1, 0.15) is 24.0 Å². The maximum atomic E-state index is 12.1. The average Bonchev–Trinajstić information content (AvgIpc) is 3.24. The third-order valence-electron chi connectivity index (χ3n) is 4.02. The van der Waals surface area contributed by atoms with Crippen molar-refractivity contribution in [3.63, 3.8) is 0 Å². The van der Waals surface area contributed by atoms with Crippen LogP contribution in [0.4, 0.5) is 0 Å². The molecular weight excluding hydrogens is 292 g/mol. The molecule has 1 aromatic heterocycles. The summed E-state index contributed by atoms with van der Waals surface area (Å²) < 4.78 is 7.48. The maximum absolute atomic E-state index is 12.1. The summed E-state index contributed by atoms with van der Waals surface area (Å²) in [7, 11) is 0. The number of rotatable bonds is 6. The number of hydrogen-bond acceptors (Lipinski definition) is 4. The molecule has 2 heterocycles. The summed E-state index contributed by atoms with van der Waals surface area (Å²) in [5, 5.41) is 7.15. The molecule has 0 spiro atoms. The summed E-state index contributed by atoms with van der Waals surface area (Å²) in [5.74, 6) is -0.0570. The van der Waals surface area contributed by atoms with Gasteiger partial charge in [0.05, 0.1) is 12.6 Å². The Kier molecular flexibility index (Phi) is 5.05. The van der Waals surface area contributed by atoms with E-state index in [1.807, 2.05) is 29.1 Å². The van der Waals surface area contributed by atoms with E-state index >= 15 is 0 Å². The van der Waals surface area contributed by atoms with Crippen molar-refractivity contribution in [1.82, 2.24) is 15.1 Å². The summed E-state index contributed by atoms with van der Waals surface area (Å²) in [4.78, 5) is 12.1. The molecule has 2 atom stereocenters. The van der Waals surface area contributed by atoms with Crippen LogP contribution in [0.2, 0.25) is 0 Å². The van der Waals surface area contributed by atoms with Gasteiger partial charge in [0.15, 0.2) is 0 Å². The monoisotopic (exact) mass is 314 g/mol. The van der Waals surface area contributed by atoms with Gasteiger partial charge in [0.1, 0.15) is 6.10 Å². The number of nitrogens with two attached hydrogens (primary N) is 1. The molecule has 3 N–H and O–H groups in total. The molecule has 6 nitrogen and oxygen atoms in total. The zero-order chi connectivity index (χ0) is 16.1. The molecule has 3 rings (SSSR count). The fraction of sp³-hybridized carbons (Fsp3) is 0.412. The molecule has 1 amide bonds. The minimum absolute atomic E-state index is 0.0168. The van der Waals surface area contributed by atoms with E-state index in [2.05, 4.69) is 22.5 Å². The van der Waals surface area contributed by atoms with Crippen LogP contribution in [0.3, 0.4) is 0 Å². The molecule has 1 fully saturated rings. The van der Waals surface area contributed by atoms with E-state index in [0.29, 0.717) is 13.1 Å². The first-order valence-electron chi connectivity index (χ1n) is 7.93. The zero-order valence-corrected chi connectivity index (χ0v) is 13.0. The Balaban J connectivity index is 1.53. The fourth-order valence-electron chi connectivity index (χ4n) is 2.79. The molecule has 1 aliphatic rings. The largest absolute Gasteiger partial charge is 0.364 e. The summed E-state index contributed by atoms with van der Waals surface area (Å²) in [6.07, 6.45) is 4.94. The number of amides is 1. The third kappa shape index (κ3) is 4.18. The van der Waals surface area contributed by atoms with Gasteiger partial charge in [-0.3, -0.25) is 9.48 Å².